The lowest BCUT2D eigenvalue weighted by molar-refractivity contribution is -0.174. The maximum absolute atomic E-state index is 13.7. The minimum Gasteiger partial charge on any atom is -0.480 e. The standard InChI is InChI=1S/C31H30N2O5/c34-29-27(24(18-32-29)23-14-8-3-9-15-23)28-25(17-16-21-10-4-1-5-11-21)33(30(28)35)26(31(36)37)20-38-19-22-12-6-2-7-13-22/h1-17,24-28H,18-20H2,(H,32,34)(H,36,37)/t24-,25-,26-,27?,28-/m1/s1. The second-order valence-electron chi connectivity index (χ2n) is 9.67. The second-order valence-corrected chi connectivity index (χ2v) is 9.67. The molecule has 5 atom stereocenters. The van der Waals surface area contributed by atoms with E-state index in [1.807, 2.05) is 103 Å². The molecule has 7 heteroatoms. The van der Waals surface area contributed by atoms with Crippen LogP contribution >= 0.6 is 0 Å². The van der Waals surface area contributed by atoms with E-state index in [2.05, 4.69) is 5.32 Å². The molecule has 2 N–H and O–H groups in total. The molecule has 0 saturated carbocycles. The van der Waals surface area contributed by atoms with E-state index >= 15 is 0 Å². The summed E-state index contributed by atoms with van der Waals surface area (Å²) in [5, 5.41) is 13.0. The molecule has 2 amide bonds. The number of β-lactam (4-membered cyclic amide) rings is 1. The molecule has 0 spiro atoms. The number of hydrogen-bond acceptors (Lipinski definition) is 4. The first-order valence-corrected chi connectivity index (χ1v) is 12.8. The van der Waals surface area contributed by atoms with Gasteiger partial charge in [0.05, 0.1) is 31.1 Å². The smallest absolute Gasteiger partial charge is 0.328 e. The van der Waals surface area contributed by atoms with Gasteiger partial charge in [-0.1, -0.05) is 103 Å². The van der Waals surface area contributed by atoms with Gasteiger partial charge in [0.2, 0.25) is 11.8 Å². The quantitative estimate of drug-likeness (QED) is 0.405. The number of aliphatic carboxylic acids is 1. The maximum atomic E-state index is 13.7. The number of carbonyl (C=O) groups excluding carboxylic acids is 2. The van der Waals surface area contributed by atoms with Crippen molar-refractivity contribution in [2.24, 2.45) is 11.8 Å². The summed E-state index contributed by atoms with van der Waals surface area (Å²) < 4.78 is 5.75. The first-order valence-electron chi connectivity index (χ1n) is 12.8. The van der Waals surface area contributed by atoms with Gasteiger partial charge >= 0.3 is 5.97 Å². The zero-order valence-corrected chi connectivity index (χ0v) is 20.9. The third-order valence-electron chi connectivity index (χ3n) is 7.37. The van der Waals surface area contributed by atoms with E-state index in [1.165, 1.54) is 4.90 Å². The topological polar surface area (TPSA) is 95.9 Å². The molecule has 1 unspecified atom stereocenters. The van der Waals surface area contributed by atoms with E-state index in [-0.39, 0.29) is 30.9 Å². The zero-order valence-electron chi connectivity index (χ0n) is 20.9. The Kier molecular flexibility index (Phi) is 7.65. The molecule has 0 bridgehead atoms. The SMILES string of the molecule is O=C1NC[C@H](c2ccccc2)C1[C@@H]1C(=O)N([C@H](COCc2ccccc2)C(=O)O)[C@@H]1C=Cc1ccccc1. The van der Waals surface area contributed by atoms with Crippen LogP contribution in [0.15, 0.2) is 97.1 Å². The Bertz CT molecular complexity index is 1300. The first kappa shape index (κ1) is 25.4. The number of carbonyl (C=O) groups is 3. The summed E-state index contributed by atoms with van der Waals surface area (Å²) in [7, 11) is 0. The molecule has 38 heavy (non-hydrogen) atoms. The number of amides is 2. The van der Waals surface area contributed by atoms with Crippen molar-refractivity contribution in [3.63, 3.8) is 0 Å². The summed E-state index contributed by atoms with van der Waals surface area (Å²) in [6, 6.07) is 27.0. The highest BCUT2D eigenvalue weighted by Crippen LogP contribution is 2.44. The molecule has 0 aliphatic carbocycles. The highest BCUT2D eigenvalue weighted by molar-refractivity contribution is 5.97. The van der Waals surface area contributed by atoms with E-state index in [1.54, 1.807) is 0 Å². The van der Waals surface area contributed by atoms with E-state index in [4.69, 9.17) is 4.74 Å². The van der Waals surface area contributed by atoms with Crippen molar-refractivity contribution in [2.75, 3.05) is 13.2 Å². The predicted molar refractivity (Wildman–Crippen MR) is 143 cm³/mol. The lowest BCUT2D eigenvalue weighted by atomic mass is 9.70. The van der Waals surface area contributed by atoms with Crippen LogP contribution in [-0.2, 0) is 25.7 Å². The second kappa shape index (κ2) is 11.4. The largest absolute Gasteiger partial charge is 0.480 e. The third-order valence-corrected chi connectivity index (χ3v) is 7.37. The molecule has 2 aliphatic heterocycles. The van der Waals surface area contributed by atoms with Gasteiger partial charge in [0, 0.05) is 12.5 Å². The lowest BCUT2D eigenvalue weighted by Gasteiger charge is -2.51. The van der Waals surface area contributed by atoms with Crippen molar-refractivity contribution >= 4 is 23.9 Å². The summed E-state index contributed by atoms with van der Waals surface area (Å²) in [6.45, 7) is 0.522. The van der Waals surface area contributed by atoms with Crippen molar-refractivity contribution in [3.05, 3.63) is 114 Å². The minimum atomic E-state index is -1.17. The molecular weight excluding hydrogens is 480 g/mol. The van der Waals surface area contributed by atoms with Crippen molar-refractivity contribution in [3.8, 4) is 0 Å². The van der Waals surface area contributed by atoms with Gasteiger partial charge in [-0.2, -0.15) is 0 Å². The normalized spacial score (nSPS) is 23.7. The monoisotopic (exact) mass is 510 g/mol. The molecule has 194 valence electrons. The highest BCUT2D eigenvalue weighted by Gasteiger charge is 2.58. The van der Waals surface area contributed by atoms with E-state index in [0.29, 0.717) is 6.54 Å². The number of carboxylic acid groups (broad SMARTS) is 1. The Morgan fingerprint density at radius 2 is 1.58 bits per heavy atom. The minimum absolute atomic E-state index is 0.155. The van der Waals surface area contributed by atoms with Crippen molar-refractivity contribution in [1.82, 2.24) is 10.2 Å². The summed E-state index contributed by atoms with van der Waals surface area (Å²) in [5.41, 5.74) is 2.82. The molecule has 2 fully saturated rings. The number of nitrogens with one attached hydrogen (secondary N) is 1. The van der Waals surface area contributed by atoms with Crippen LogP contribution in [0.2, 0.25) is 0 Å². The van der Waals surface area contributed by atoms with Crippen LogP contribution in [0.5, 0.6) is 0 Å². The maximum Gasteiger partial charge on any atom is 0.328 e. The van der Waals surface area contributed by atoms with Crippen LogP contribution in [0, 0.1) is 11.8 Å². The number of benzene rings is 3. The average Bonchev–Trinajstić information content (AvgIpc) is 3.32. The van der Waals surface area contributed by atoms with Gasteiger partial charge in [0.25, 0.3) is 0 Å². The first-order chi connectivity index (χ1) is 18.5. The van der Waals surface area contributed by atoms with E-state index in [9.17, 15) is 19.5 Å². The molecule has 7 nitrogen and oxygen atoms in total. The van der Waals surface area contributed by atoms with Crippen LogP contribution in [0.1, 0.15) is 22.6 Å². The fourth-order valence-electron chi connectivity index (χ4n) is 5.48. The average molecular weight is 511 g/mol. The zero-order chi connectivity index (χ0) is 26.5. The number of ether oxygens (including phenoxy) is 1. The van der Waals surface area contributed by atoms with Gasteiger partial charge < -0.3 is 20.1 Å². The Morgan fingerprint density at radius 3 is 2.24 bits per heavy atom. The molecular formula is C31H30N2O5. The van der Waals surface area contributed by atoms with Crippen LogP contribution in [0.25, 0.3) is 6.08 Å². The van der Waals surface area contributed by atoms with Gasteiger partial charge in [-0.3, -0.25) is 9.59 Å². The number of rotatable bonds is 10. The molecule has 0 aromatic heterocycles. The summed E-state index contributed by atoms with van der Waals surface area (Å²) >= 11 is 0. The van der Waals surface area contributed by atoms with Crippen molar-refractivity contribution in [1.29, 1.82) is 0 Å². The van der Waals surface area contributed by atoms with E-state index < -0.39 is 29.9 Å². The molecule has 2 saturated heterocycles. The van der Waals surface area contributed by atoms with Crippen LogP contribution in [0.4, 0.5) is 0 Å². The Hall–Kier alpha value is -4.23. The highest BCUT2D eigenvalue weighted by atomic mass is 16.5. The van der Waals surface area contributed by atoms with Gasteiger partial charge in [-0.25, -0.2) is 4.79 Å². The third kappa shape index (κ3) is 5.24. The Labute approximate surface area is 221 Å². The number of nitrogens with zero attached hydrogens (tertiary/aromatic N) is 1. The fourth-order valence-corrected chi connectivity index (χ4v) is 5.48. The summed E-state index contributed by atoms with van der Waals surface area (Å²) in [6.07, 6.45) is 3.73. The van der Waals surface area contributed by atoms with Crippen molar-refractivity contribution < 1.29 is 24.2 Å². The summed E-state index contributed by atoms with van der Waals surface area (Å²) in [4.78, 5) is 40.4. The molecule has 2 heterocycles. The van der Waals surface area contributed by atoms with Gasteiger partial charge in [0.15, 0.2) is 6.04 Å². The molecule has 3 aromatic carbocycles. The lowest BCUT2D eigenvalue weighted by Crippen LogP contribution is -2.69. The van der Waals surface area contributed by atoms with Crippen LogP contribution in [0.3, 0.4) is 0 Å². The van der Waals surface area contributed by atoms with Gasteiger partial charge in [-0.05, 0) is 16.7 Å². The predicted octanol–water partition coefficient (Wildman–Crippen LogP) is 3.73. The molecule has 0 radical (unpaired) electrons. The molecule has 2 aliphatic rings. The van der Waals surface area contributed by atoms with Gasteiger partial charge in [-0.15, -0.1) is 0 Å². The Balaban J connectivity index is 1.42. The number of hydrogen-bond donors (Lipinski definition) is 2. The molecule has 5 rings (SSSR count). The Morgan fingerprint density at radius 1 is 0.947 bits per heavy atom. The fraction of sp³-hybridized carbons (Fsp3) is 0.258. The van der Waals surface area contributed by atoms with Crippen molar-refractivity contribution in [2.45, 2.75) is 24.6 Å². The van der Waals surface area contributed by atoms with Crippen LogP contribution < -0.4 is 5.32 Å². The number of likely N-dealkylation sites (tertiary alicyclic amines) is 1. The summed E-state index contributed by atoms with van der Waals surface area (Å²) in [5.74, 6) is -3.10. The van der Waals surface area contributed by atoms with E-state index in [0.717, 1.165) is 16.7 Å². The van der Waals surface area contributed by atoms with Gasteiger partial charge in [0.1, 0.15) is 0 Å². The van der Waals surface area contributed by atoms with Crippen LogP contribution in [-0.4, -0.2) is 53.0 Å². The molecule has 3 aromatic rings. The number of carboxylic acids is 1.